The first kappa shape index (κ1) is 19.6. The second kappa shape index (κ2) is 9.21. The average molecular weight is 389 g/mol. The second-order valence-electron chi connectivity index (χ2n) is 7.72. The third kappa shape index (κ3) is 4.66. The van der Waals surface area contributed by atoms with Gasteiger partial charge in [0.1, 0.15) is 0 Å². The highest BCUT2D eigenvalue weighted by atomic mass is 16.5. The third-order valence-electron chi connectivity index (χ3n) is 5.74. The molecule has 0 amide bonds. The van der Waals surface area contributed by atoms with E-state index in [4.69, 9.17) is 4.74 Å². The highest BCUT2D eigenvalue weighted by Gasteiger charge is 2.24. The Morgan fingerprint density at radius 2 is 1.83 bits per heavy atom. The molecule has 1 saturated heterocycles. The van der Waals surface area contributed by atoms with Crippen molar-refractivity contribution in [3.63, 3.8) is 0 Å². The molecule has 1 heterocycles. The summed E-state index contributed by atoms with van der Waals surface area (Å²) in [6, 6.07) is 23.2. The second-order valence-corrected chi connectivity index (χ2v) is 7.72. The van der Waals surface area contributed by atoms with E-state index in [1.54, 1.807) is 0 Å². The molecule has 150 valence electrons. The standard InChI is InChI=1S/C25H27NO3/c27-25(28)21-10-6-14-26(17-21)15-16-29-18-22-13-12-19-7-4-5-11-23(19)24(22)20-8-2-1-3-9-20/h1-5,7-9,11-13,21H,6,10,14-18H2,(H,27,28)/t21-/m1/s1. The quantitative estimate of drug-likeness (QED) is 0.589. The number of benzene rings is 3. The summed E-state index contributed by atoms with van der Waals surface area (Å²) in [5, 5.41) is 11.7. The van der Waals surface area contributed by atoms with Gasteiger partial charge in [0.25, 0.3) is 0 Å². The van der Waals surface area contributed by atoms with E-state index in [2.05, 4.69) is 65.6 Å². The van der Waals surface area contributed by atoms with E-state index in [1.165, 1.54) is 27.5 Å². The monoisotopic (exact) mass is 389 g/mol. The Balaban J connectivity index is 1.45. The van der Waals surface area contributed by atoms with Crippen LogP contribution in [0.2, 0.25) is 0 Å². The van der Waals surface area contributed by atoms with E-state index < -0.39 is 5.97 Å². The van der Waals surface area contributed by atoms with Crippen LogP contribution in [0.1, 0.15) is 18.4 Å². The van der Waals surface area contributed by atoms with Crippen LogP contribution in [0, 0.1) is 5.92 Å². The fourth-order valence-corrected chi connectivity index (χ4v) is 4.22. The Morgan fingerprint density at radius 3 is 2.66 bits per heavy atom. The number of carbonyl (C=O) groups is 1. The average Bonchev–Trinajstić information content (AvgIpc) is 2.77. The molecule has 1 aliphatic rings. The molecule has 0 unspecified atom stereocenters. The van der Waals surface area contributed by atoms with Gasteiger partial charge in [0, 0.05) is 13.1 Å². The molecule has 1 atom stereocenters. The molecule has 1 N–H and O–H groups in total. The Hall–Kier alpha value is -2.69. The number of carboxylic acid groups (broad SMARTS) is 1. The van der Waals surface area contributed by atoms with E-state index in [0.29, 0.717) is 19.8 Å². The fourth-order valence-electron chi connectivity index (χ4n) is 4.22. The molecule has 0 aliphatic carbocycles. The van der Waals surface area contributed by atoms with E-state index in [1.807, 2.05) is 6.07 Å². The molecule has 4 heteroatoms. The maximum atomic E-state index is 11.2. The molecule has 0 spiro atoms. The summed E-state index contributed by atoms with van der Waals surface area (Å²) < 4.78 is 6.04. The lowest BCUT2D eigenvalue weighted by atomic mass is 9.93. The Kier molecular flexibility index (Phi) is 6.23. The molecule has 1 fully saturated rings. The number of ether oxygens (including phenoxy) is 1. The summed E-state index contributed by atoms with van der Waals surface area (Å²) in [7, 11) is 0. The van der Waals surface area contributed by atoms with Crippen molar-refractivity contribution in [3.05, 3.63) is 72.3 Å². The van der Waals surface area contributed by atoms with Crippen molar-refractivity contribution in [1.29, 1.82) is 0 Å². The maximum Gasteiger partial charge on any atom is 0.307 e. The number of piperidine rings is 1. The molecule has 3 aromatic carbocycles. The van der Waals surface area contributed by atoms with Crippen molar-refractivity contribution in [2.24, 2.45) is 5.92 Å². The SMILES string of the molecule is O=C(O)[C@@H]1CCCN(CCOCc2ccc3ccccc3c2-c2ccccc2)C1. The van der Waals surface area contributed by atoms with Crippen LogP contribution in [0.15, 0.2) is 66.7 Å². The van der Waals surface area contributed by atoms with Gasteiger partial charge in [-0.2, -0.15) is 0 Å². The zero-order valence-electron chi connectivity index (χ0n) is 16.6. The first-order valence-electron chi connectivity index (χ1n) is 10.3. The lowest BCUT2D eigenvalue weighted by Gasteiger charge is -2.30. The van der Waals surface area contributed by atoms with Crippen LogP contribution in [0.25, 0.3) is 21.9 Å². The fraction of sp³-hybridized carbons (Fsp3) is 0.320. The molecule has 0 aromatic heterocycles. The van der Waals surface area contributed by atoms with Crippen molar-refractivity contribution < 1.29 is 14.6 Å². The van der Waals surface area contributed by atoms with E-state index in [9.17, 15) is 9.90 Å². The number of fused-ring (bicyclic) bond motifs is 1. The first-order valence-corrected chi connectivity index (χ1v) is 10.3. The number of rotatable bonds is 7. The number of hydrogen-bond acceptors (Lipinski definition) is 3. The summed E-state index contributed by atoms with van der Waals surface area (Å²) in [6.07, 6.45) is 1.73. The highest BCUT2D eigenvalue weighted by Crippen LogP contribution is 2.32. The van der Waals surface area contributed by atoms with E-state index in [0.717, 1.165) is 25.9 Å². The molecule has 4 rings (SSSR count). The Morgan fingerprint density at radius 1 is 1.03 bits per heavy atom. The minimum atomic E-state index is -0.681. The van der Waals surface area contributed by atoms with Crippen LogP contribution >= 0.6 is 0 Å². The van der Waals surface area contributed by atoms with Crippen molar-refractivity contribution in [2.45, 2.75) is 19.4 Å². The minimum Gasteiger partial charge on any atom is -0.481 e. The van der Waals surface area contributed by atoms with Gasteiger partial charge in [0.2, 0.25) is 0 Å². The maximum absolute atomic E-state index is 11.2. The molecule has 3 aromatic rings. The van der Waals surface area contributed by atoms with Gasteiger partial charge in [-0.3, -0.25) is 4.79 Å². The highest BCUT2D eigenvalue weighted by molar-refractivity contribution is 5.98. The number of likely N-dealkylation sites (tertiary alicyclic amines) is 1. The normalized spacial score (nSPS) is 17.4. The van der Waals surface area contributed by atoms with Gasteiger partial charge in [-0.15, -0.1) is 0 Å². The predicted molar refractivity (Wildman–Crippen MR) is 116 cm³/mol. The number of hydrogen-bond donors (Lipinski definition) is 1. The molecular formula is C25H27NO3. The molecule has 0 radical (unpaired) electrons. The molecular weight excluding hydrogens is 362 g/mol. The largest absolute Gasteiger partial charge is 0.481 e. The van der Waals surface area contributed by atoms with Gasteiger partial charge in [0.15, 0.2) is 0 Å². The first-order chi connectivity index (χ1) is 14.2. The molecule has 29 heavy (non-hydrogen) atoms. The zero-order chi connectivity index (χ0) is 20.1. The topological polar surface area (TPSA) is 49.8 Å². The van der Waals surface area contributed by atoms with Crippen molar-refractivity contribution >= 4 is 16.7 Å². The Bertz CT molecular complexity index is 970. The van der Waals surface area contributed by atoms with Crippen molar-refractivity contribution in [3.8, 4) is 11.1 Å². The van der Waals surface area contributed by atoms with Gasteiger partial charge in [-0.05, 0) is 46.8 Å². The van der Waals surface area contributed by atoms with E-state index in [-0.39, 0.29) is 5.92 Å². The molecule has 0 saturated carbocycles. The summed E-state index contributed by atoms with van der Waals surface area (Å²) in [5.74, 6) is -0.923. The van der Waals surface area contributed by atoms with Gasteiger partial charge in [-0.25, -0.2) is 0 Å². The molecule has 4 nitrogen and oxygen atoms in total. The van der Waals surface area contributed by atoms with Gasteiger partial charge < -0.3 is 14.7 Å². The van der Waals surface area contributed by atoms with E-state index >= 15 is 0 Å². The van der Waals surface area contributed by atoms with Crippen LogP contribution in [-0.2, 0) is 16.1 Å². The Labute approximate surface area is 171 Å². The van der Waals surface area contributed by atoms with Crippen LogP contribution in [0.4, 0.5) is 0 Å². The molecule has 0 bridgehead atoms. The summed E-state index contributed by atoms with van der Waals surface area (Å²) in [5.41, 5.74) is 3.60. The zero-order valence-corrected chi connectivity index (χ0v) is 16.6. The minimum absolute atomic E-state index is 0.242. The number of nitrogens with zero attached hydrogens (tertiary/aromatic N) is 1. The van der Waals surface area contributed by atoms with Crippen LogP contribution < -0.4 is 0 Å². The van der Waals surface area contributed by atoms with Crippen molar-refractivity contribution in [1.82, 2.24) is 4.90 Å². The van der Waals surface area contributed by atoms with Crippen LogP contribution in [-0.4, -0.2) is 42.2 Å². The summed E-state index contributed by atoms with van der Waals surface area (Å²) in [4.78, 5) is 13.4. The predicted octanol–water partition coefficient (Wildman–Crippen LogP) is 4.82. The van der Waals surface area contributed by atoms with Crippen molar-refractivity contribution in [2.75, 3.05) is 26.2 Å². The summed E-state index contributed by atoms with van der Waals surface area (Å²) >= 11 is 0. The van der Waals surface area contributed by atoms with Gasteiger partial charge in [-0.1, -0.05) is 66.7 Å². The van der Waals surface area contributed by atoms with Gasteiger partial charge >= 0.3 is 5.97 Å². The number of aliphatic carboxylic acids is 1. The van der Waals surface area contributed by atoms with Crippen LogP contribution in [0.5, 0.6) is 0 Å². The number of carboxylic acids is 1. The molecule has 1 aliphatic heterocycles. The smallest absolute Gasteiger partial charge is 0.307 e. The third-order valence-corrected chi connectivity index (χ3v) is 5.74. The van der Waals surface area contributed by atoms with Crippen LogP contribution in [0.3, 0.4) is 0 Å². The lowest BCUT2D eigenvalue weighted by molar-refractivity contribution is -0.143. The lowest BCUT2D eigenvalue weighted by Crippen LogP contribution is -2.40. The summed E-state index contributed by atoms with van der Waals surface area (Å²) in [6.45, 7) is 3.51. The van der Waals surface area contributed by atoms with Gasteiger partial charge in [0.05, 0.1) is 19.1 Å².